The van der Waals surface area contributed by atoms with Gasteiger partial charge in [0.05, 0.1) is 17.9 Å². The van der Waals surface area contributed by atoms with Crippen molar-refractivity contribution in [2.24, 2.45) is 0 Å². The van der Waals surface area contributed by atoms with Crippen molar-refractivity contribution in [2.45, 2.75) is 19.8 Å². The van der Waals surface area contributed by atoms with E-state index in [1.54, 1.807) is 12.1 Å². The fourth-order valence-electron chi connectivity index (χ4n) is 1.92. The summed E-state index contributed by atoms with van der Waals surface area (Å²) in [4.78, 5) is 25.9. The summed E-state index contributed by atoms with van der Waals surface area (Å²) in [7, 11) is 0. The number of hydrogen-bond donors (Lipinski definition) is 0. The number of hydrogen-bond acceptors (Lipinski definition) is 5. The predicted molar refractivity (Wildman–Crippen MR) is 97.2 cm³/mol. The monoisotopic (exact) mass is 369 g/mol. The van der Waals surface area contributed by atoms with Crippen LogP contribution in [0.5, 0.6) is 0 Å². The lowest BCUT2D eigenvalue weighted by molar-refractivity contribution is -0.143. The van der Waals surface area contributed by atoms with Crippen LogP contribution >= 0.6 is 35.6 Å². The molecule has 0 saturated carbocycles. The molecular formula is C16H16ClNO3S2. The number of thiocarbonyl (C=S) groups is 1. The third kappa shape index (κ3) is 4.80. The van der Waals surface area contributed by atoms with Gasteiger partial charge >= 0.3 is 5.97 Å². The van der Waals surface area contributed by atoms with Crippen LogP contribution in [0.15, 0.2) is 29.2 Å². The lowest BCUT2D eigenvalue weighted by Gasteiger charge is -2.13. The van der Waals surface area contributed by atoms with Crippen molar-refractivity contribution in [1.82, 2.24) is 4.90 Å². The molecule has 0 aliphatic carbocycles. The summed E-state index contributed by atoms with van der Waals surface area (Å²) < 4.78 is 5.44. The summed E-state index contributed by atoms with van der Waals surface area (Å²) in [6.45, 7) is 2.55. The number of ether oxygens (including phenoxy) is 1. The molecule has 1 aromatic rings. The molecule has 2 rings (SSSR count). The number of rotatable bonds is 6. The Kier molecular flexibility index (Phi) is 6.62. The topological polar surface area (TPSA) is 46.6 Å². The van der Waals surface area contributed by atoms with Gasteiger partial charge in [-0.25, -0.2) is 0 Å². The van der Waals surface area contributed by atoms with E-state index in [1.807, 2.05) is 25.1 Å². The van der Waals surface area contributed by atoms with Gasteiger partial charge in [-0.05, 0) is 24.1 Å². The Morgan fingerprint density at radius 3 is 2.87 bits per heavy atom. The Bertz CT molecular complexity index is 660. The number of carbonyl (C=O) groups excluding carboxylic acids is 2. The molecule has 4 nitrogen and oxygen atoms in total. The predicted octanol–water partition coefficient (Wildman–Crippen LogP) is 3.88. The van der Waals surface area contributed by atoms with Gasteiger partial charge in [-0.15, -0.1) is 0 Å². The highest BCUT2D eigenvalue weighted by atomic mass is 35.5. The number of amides is 1. The van der Waals surface area contributed by atoms with Gasteiger partial charge in [0.2, 0.25) is 0 Å². The second-order valence-corrected chi connectivity index (χ2v) is 6.91. The highest BCUT2D eigenvalue weighted by Crippen LogP contribution is 2.33. The zero-order chi connectivity index (χ0) is 16.8. The van der Waals surface area contributed by atoms with Crippen LogP contribution in [0.3, 0.4) is 0 Å². The first kappa shape index (κ1) is 18.0. The molecule has 0 unspecified atom stereocenters. The van der Waals surface area contributed by atoms with Crippen LogP contribution in [0.1, 0.15) is 25.3 Å². The molecule has 1 aliphatic heterocycles. The summed E-state index contributed by atoms with van der Waals surface area (Å²) in [6, 6.07) is 7.27. The lowest BCUT2D eigenvalue weighted by atomic mass is 10.2. The Labute approximate surface area is 149 Å². The number of carbonyl (C=O) groups is 2. The minimum Gasteiger partial charge on any atom is -0.466 e. The van der Waals surface area contributed by atoms with Crippen LogP contribution in [0, 0.1) is 0 Å². The molecule has 1 aromatic carbocycles. The van der Waals surface area contributed by atoms with Gasteiger partial charge in [-0.2, -0.15) is 0 Å². The largest absolute Gasteiger partial charge is 0.466 e. The zero-order valence-electron chi connectivity index (χ0n) is 12.6. The second kappa shape index (κ2) is 8.47. The molecular weight excluding hydrogens is 354 g/mol. The fraction of sp³-hybridized carbons (Fsp3) is 0.312. The van der Waals surface area contributed by atoms with Crippen LogP contribution in [-0.2, 0) is 14.3 Å². The van der Waals surface area contributed by atoms with Gasteiger partial charge in [-0.3, -0.25) is 14.5 Å². The van der Waals surface area contributed by atoms with Gasteiger partial charge in [0.15, 0.2) is 0 Å². The summed E-state index contributed by atoms with van der Waals surface area (Å²) in [5.41, 5.74) is 0.761. The van der Waals surface area contributed by atoms with Crippen LogP contribution in [0.4, 0.5) is 0 Å². The van der Waals surface area contributed by atoms with Crippen molar-refractivity contribution in [3.8, 4) is 0 Å². The second-order valence-electron chi connectivity index (χ2n) is 4.83. The number of benzene rings is 1. The van der Waals surface area contributed by atoms with Gasteiger partial charge in [0.25, 0.3) is 5.91 Å². The maximum atomic E-state index is 12.4. The molecule has 0 bridgehead atoms. The first-order valence-electron chi connectivity index (χ1n) is 7.18. The van der Waals surface area contributed by atoms with E-state index in [2.05, 4.69) is 0 Å². The van der Waals surface area contributed by atoms with Gasteiger partial charge in [0, 0.05) is 11.6 Å². The lowest BCUT2D eigenvalue weighted by Crippen LogP contribution is -2.30. The highest BCUT2D eigenvalue weighted by molar-refractivity contribution is 8.26. The summed E-state index contributed by atoms with van der Waals surface area (Å²) >= 11 is 12.5. The summed E-state index contributed by atoms with van der Waals surface area (Å²) in [6.07, 6.45) is 2.62. The average Bonchev–Trinajstić information content (AvgIpc) is 2.79. The van der Waals surface area contributed by atoms with Crippen LogP contribution in [0.25, 0.3) is 6.08 Å². The molecule has 1 heterocycles. The van der Waals surface area contributed by atoms with E-state index in [9.17, 15) is 9.59 Å². The Morgan fingerprint density at radius 1 is 1.43 bits per heavy atom. The van der Waals surface area contributed by atoms with Crippen molar-refractivity contribution in [3.63, 3.8) is 0 Å². The number of esters is 1. The normalized spacial score (nSPS) is 16.3. The minimum absolute atomic E-state index is 0.131. The maximum absolute atomic E-state index is 12.4. The van der Waals surface area contributed by atoms with Gasteiger partial charge < -0.3 is 4.74 Å². The number of halogens is 1. The first-order chi connectivity index (χ1) is 11.0. The summed E-state index contributed by atoms with van der Waals surface area (Å²) in [5, 5.41) is 0.570. The molecule has 1 aliphatic rings. The molecule has 0 radical (unpaired) electrons. The molecule has 0 spiro atoms. The number of thioether (sulfide) groups is 1. The van der Waals surface area contributed by atoms with Crippen molar-refractivity contribution < 1.29 is 14.3 Å². The SMILES string of the molecule is CCCOC(=O)CCN1C(=O)C(=Cc2ccccc2Cl)SC1=S. The van der Waals surface area contributed by atoms with Gasteiger partial charge in [-0.1, -0.05) is 60.7 Å². The standard InChI is InChI=1S/C16H16ClNO3S2/c1-2-9-21-14(19)7-8-18-15(20)13(23-16(18)22)10-11-5-3-4-6-12(11)17/h3-6,10H,2,7-9H2,1H3. The average molecular weight is 370 g/mol. The van der Waals surface area contributed by atoms with E-state index in [0.717, 1.165) is 12.0 Å². The maximum Gasteiger partial charge on any atom is 0.307 e. The van der Waals surface area contributed by atoms with E-state index < -0.39 is 0 Å². The third-order valence-corrected chi connectivity index (χ3v) is 4.79. The molecule has 7 heteroatoms. The van der Waals surface area contributed by atoms with Crippen LogP contribution in [-0.4, -0.2) is 34.2 Å². The number of nitrogens with zero attached hydrogens (tertiary/aromatic N) is 1. The molecule has 1 amide bonds. The molecule has 0 N–H and O–H groups in total. The first-order valence-corrected chi connectivity index (χ1v) is 8.78. The Balaban J connectivity index is 2.03. The molecule has 0 aromatic heterocycles. The van der Waals surface area contributed by atoms with Gasteiger partial charge in [0.1, 0.15) is 4.32 Å². The van der Waals surface area contributed by atoms with Crippen molar-refractivity contribution in [2.75, 3.05) is 13.2 Å². The molecule has 23 heavy (non-hydrogen) atoms. The Hall–Kier alpha value is -1.37. The minimum atomic E-state index is -0.323. The molecule has 1 fully saturated rings. The molecule has 122 valence electrons. The molecule has 1 saturated heterocycles. The van der Waals surface area contributed by atoms with E-state index in [4.69, 9.17) is 28.6 Å². The smallest absolute Gasteiger partial charge is 0.307 e. The van der Waals surface area contributed by atoms with E-state index >= 15 is 0 Å². The van der Waals surface area contributed by atoms with Crippen LogP contribution in [0.2, 0.25) is 5.02 Å². The third-order valence-electron chi connectivity index (χ3n) is 3.07. The van der Waals surface area contributed by atoms with E-state index in [0.29, 0.717) is 20.9 Å². The highest BCUT2D eigenvalue weighted by Gasteiger charge is 2.32. The van der Waals surface area contributed by atoms with Crippen molar-refractivity contribution in [1.29, 1.82) is 0 Å². The Morgan fingerprint density at radius 2 is 2.17 bits per heavy atom. The zero-order valence-corrected chi connectivity index (χ0v) is 15.0. The van der Waals surface area contributed by atoms with Crippen LogP contribution < -0.4 is 0 Å². The van der Waals surface area contributed by atoms with Crippen molar-refractivity contribution in [3.05, 3.63) is 39.8 Å². The fourth-order valence-corrected chi connectivity index (χ4v) is 3.41. The quantitative estimate of drug-likeness (QED) is 0.432. The molecule has 0 atom stereocenters. The van der Waals surface area contributed by atoms with Crippen molar-refractivity contribution >= 4 is 57.9 Å². The summed E-state index contributed by atoms with van der Waals surface area (Å²) in [5.74, 6) is -0.529. The van der Waals surface area contributed by atoms with E-state index in [1.165, 1.54) is 16.7 Å². The van der Waals surface area contributed by atoms with E-state index in [-0.39, 0.29) is 24.8 Å².